The van der Waals surface area contributed by atoms with Crippen molar-refractivity contribution in [2.75, 3.05) is 16.3 Å². The lowest BCUT2D eigenvalue weighted by atomic mass is 10.2. The topological polar surface area (TPSA) is 75.3 Å². The second-order valence-electron chi connectivity index (χ2n) is 3.93. The van der Waals surface area contributed by atoms with E-state index >= 15 is 0 Å². The van der Waals surface area contributed by atoms with Gasteiger partial charge in [-0.05, 0) is 24.6 Å². The van der Waals surface area contributed by atoms with Crippen LogP contribution in [-0.2, 0) is 14.8 Å². The molecule has 5 nitrogen and oxygen atoms in total. The Morgan fingerprint density at radius 2 is 2.11 bits per heavy atom. The third-order valence-corrected chi connectivity index (χ3v) is 4.17. The standard InChI is InChI=1S/C11H14BrClN2O3S/c1-3-8(12)11(16)14-10-6-7(4-5-9(10)13)15-19(2,17)18/h4-6,8,15H,3H2,1-2H3,(H,14,16). The maximum Gasteiger partial charge on any atom is 0.238 e. The van der Waals surface area contributed by atoms with Crippen molar-refractivity contribution in [3.05, 3.63) is 23.2 Å². The summed E-state index contributed by atoms with van der Waals surface area (Å²) in [6.45, 7) is 1.86. The van der Waals surface area contributed by atoms with Crippen LogP contribution in [0.5, 0.6) is 0 Å². The smallest absolute Gasteiger partial charge is 0.238 e. The van der Waals surface area contributed by atoms with Crippen molar-refractivity contribution in [3.8, 4) is 0 Å². The normalized spacial score (nSPS) is 12.8. The van der Waals surface area contributed by atoms with Gasteiger partial charge in [0.1, 0.15) is 0 Å². The molecule has 0 aliphatic carbocycles. The number of hydrogen-bond acceptors (Lipinski definition) is 3. The number of halogens is 2. The number of carbonyl (C=O) groups excluding carboxylic acids is 1. The van der Waals surface area contributed by atoms with Gasteiger partial charge in [0.15, 0.2) is 0 Å². The van der Waals surface area contributed by atoms with E-state index in [0.717, 1.165) is 6.26 Å². The molecule has 0 aliphatic rings. The van der Waals surface area contributed by atoms with E-state index in [2.05, 4.69) is 26.0 Å². The summed E-state index contributed by atoms with van der Waals surface area (Å²) in [7, 11) is -3.37. The Hall–Kier alpha value is -0.790. The average Bonchev–Trinajstić information content (AvgIpc) is 2.30. The van der Waals surface area contributed by atoms with Gasteiger partial charge in [-0.3, -0.25) is 9.52 Å². The van der Waals surface area contributed by atoms with Crippen molar-refractivity contribution in [2.24, 2.45) is 0 Å². The third kappa shape index (κ3) is 5.38. The Bertz CT molecular complexity index is 577. The molecular weight excluding hydrogens is 356 g/mol. The third-order valence-electron chi connectivity index (χ3n) is 2.17. The van der Waals surface area contributed by atoms with Gasteiger partial charge >= 0.3 is 0 Å². The number of benzene rings is 1. The first-order valence-corrected chi connectivity index (χ1v) is 8.63. The number of anilines is 2. The molecule has 1 unspecified atom stereocenters. The van der Waals surface area contributed by atoms with Crippen LogP contribution in [0.4, 0.5) is 11.4 Å². The van der Waals surface area contributed by atoms with Gasteiger partial charge in [-0.15, -0.1) is 0 Å². The van der Waals surface area contributed by atoms with Crippen molar-refractivity contribution in [3.63, 3.8) is 0 Å². The zero-order chi connectivity index (χ0) is 14.6. The number of sulfonamides is 1. The van der Waals surface area contributed by atoms with Crippen LogP contribution in [0.15, 0.2) is 18.2 Å². The number of carbonyl (C=O) groups is 1. The molecule has 1 aromatic rings. The number of rotatable bonds is 5. The van der Waals surface area contributed by atoms with Crippen LogP contribution in [-0.4, -0.2) is 25.4 Å². The molecule has 8 heteroatoms. The molecule has 0 aliphatic heterocycles. The molecule has 0 heterocycles. The van der Waals surface area contributed by atoms with Crippen LogP contribution in [0.2, 0.25) is 5.02 Å². The molecule has 0 spiro atoms. The zero-order valence-corrected chi connectivity index (χ0v) is 13.6. The molecule has 0 saturated heterocycles. The van der Waals surface area contributed by atoms with Crippen molar-refractivity contribution >= 4 is 54.8 Å². The summed E-state index contributed by atoms with van der Waals surface area (Å²) in [5.41, 5.74) is 0.697. The fraction of sp³-hybridized carbons (Fsp3) is 0.364. The van der Waals surface area contributed by atoms with Crippen LogP contribution < -0.4 is 10.0 Å². The molecule has 0 fully saturated rings. The van der Waals surface area contributed by atoms with Gasteiger partial charge in [0, 0.05) is 0 Å². The van der Waals surface area contributed by atoms with Gasteiger partial charge in [0.25, 0.3) is 0 Å². The molecule has 1 atom stereocenters. The van der Waals surface area contributed by atoms with Crippen LogP contribution >= 0.6 is 27.5 Å². The molecule has 1 amide bonds. The highest BCUT2D eigenvalue weighted by Gasteiger charge is 2.14. The van der Waals surface area contributed by atoms with Crippen LogP contribution in [0.3, 0.4) is 0 Å². The number of amides is 1. The number of alkyl halides is 1. The van der Waals surface area contributed by atoms with Gasteiger partial charge < -0.3 is 5.32 Å². The van der Waals surface area contributed by atoms with Crippen LogP contribution in [0.1, 0.15) is 13.3 Å². The highest BCUT2D eigenvalue weighted by atomic mass is 79.9. The first-order valence-electron chi connectivity index (χ1n) is 5.45. The second kappa shape index (κ2) is 6.58. The Labute approximate surface area is 125 Å². The fourth-order valence-corrected chi connectivity index (χ4v) is 2.13. The average molecular weight is 370 g/mol. The van der Waals surface area contributed by atoms with E-state index in [1.54, 1.807) is 0 Å². The number of nitrogens with one attached hydrogen (secondary N) is 2. The van der Waals surface area contributed by atoms with Gasteiger partial charge in [0.05, 0.1) is 27.5 Å². The summed E-state index contributed by atoms with van der Waals surface area (Å²) >= 11 is 9.18. The van der Waals surface area contributed by atoms with Crippen molar-refractivity contribution in [1.82, 2.24) is 0 Å². The minimum Gasteiger partial charge on any atom is -0.324 e. The predicted octanol–water partition coefficient (Wildman–Crippen LogP) is 2.82. The lowest BCUT2D eigenvalue weighted by Gasteiger charge is -2.12. The monoisotopic (exact) mass is 368 g/mol. The molecule has 1 aromatic carbocycles. The molecule has 19 heavy (non-hydrogen) atoms. The Kier molecular flexibility index (Phi) is 5.64. The lowest BCUT2D eigenvalue weighted by molar-refractivity contribution is -0.115. The van der Waals surface area contributed by atoms with E-state index in [1.165, 1.54) is 18.2 Å². The molecule has 1 rings (SSSR count). The first kappa shape index (κ1) is 16.3. The maximum absolute atomic E-state index is 11.7. The maximum atomic E-state index is 11.7. The van der Waals surface area contributed by atoms with Crippen LogP contribution in [0.25, 0.3) is 0 Å². The van der Waals surface area contributed by atoms with Crippen molar-refractivity contribution in [2.45, 2.75) is 18.2 Å². The number of hydrogen-bond donors (Lipinski definition) is 2. The molecular formula is C11H14BrClN2O3S. The van der Waals surface area contributed by atoms with E-state index in [9.17, 15) is 13.2 Å². The summed E-state index contributed by atoms with van der Waals surface area (Å²) in [5.74, 6) is -0.235. The van der Waals surface area contributed by atoms with E-state index in [0.29, 0.717) is 22.8 Å². The summed E-state index contributed by atoms with van der Waals surface area (Å²) in [4.78, 5) is 11.4. The van der Waals surface area contributed by atoms with E-state index in [-0.39, 0.29) is 10.7 Å². The zero-order valence-electron chi connectivity index (χ0n) is 10.4. The Morgan fingerprint density at radius 1 is 1.47 bits per heavy atom. The largest absolute Gasteiger partial charge is 0.324 e. The Morgan fingerprint density at radius 3 is 2.63 bits per heavy atom. The summed E-state index contributed by atoms with van der Waals surface area (Å²) in [6.07, 6.45) is 1.68. The minimum atomic E-state index is -3.37. The van der Waals surface area contributed by atoms with Gasteiger partial charge in [0.2, 0.25) is 15.9 Å². The van der Waals surface area contributed by atoms with Crippen molar-refractivity contribution in [1.29, 1.82) is 0 Å². The highest BCUT2D eigenvalue weighted by Crippen LogP contribution is 2.26. The lowest BCUT2D eigenvalue weighted by Crippen LogP contribution is -2.22. The second-order valence-corrected chi connectivity index (χ2v) is 7.19. The summed E-state index contributed by atoms with van der Waals surface area (Å²) in [6, 6.07) is 4.50. The fourth-order valence-electron chi connectivity index (χ4n) is 1.30. The van der Waals surface area contributed by atoms with Gasteiger partial charge in [-0.2, -0.15) is 0 Å². The SMILES string of the molecule is CCC(Br)C(=O)Nc1cc(NS(C)(=O)=O)ccc1Cl. The molecule has 0 radical (unpaired) electrons. The van der Waals surface area contributed by atoms with E-state index < -0.39 is 10.0 Å². The quantitative estimate of drug-likeness (QED) is 0.784. The molecule has 106 valence electrons. The van der Waals surface area contributed by atoms with Crippen LogP contribution in [0, 0.1) is 0 Å². The highest BCUT2D eigenvalue weighted by molar-refractivity contribution is 9.10. The van der Waals surface area contributed by atoms with Gasteiger partial charge in [-0.25, -0.2) is 8.42 Å². The predicted molar refractivity (Wildman–Crippen MR) is 81.6 cm³/mol. The molecule has 2 N–H and O–H groups in total. The summed E-state index contributed by atoms with van der Waals surface area (Å²) < 4.78 is 24.6. The van der Waals surface area contributed by atoms with Gasteiger partial charge in [-0.1, -0.05) is 34.5 Å². The minimum absolute atomic E-state index is 0.235. The van der Waals surface area contributed by atoms with E-state index in [1.807, 2.05) is 6.92 Å². The molecule has 0 bridgehead atoms. The Balaban J connectivity index is 2.95. The first-order chi connectivity index (χ1) is 8.73. The van der Waals surface area contributed by atoms with Crippen molar-refractivity contribution < 1.29 is 13.2 Å². The molecule has 0 saturated carbocycles. The van der Waals surface area contributed by atoms with E-state index in [4.69, 9.17) is 11.6 Å². The molecule has 0 aromatic heterocycles. The summed E-state index contributed by atoms with van der Waals surface area (Å²) in [5, 5.41) is 2.97.